The lowest BCUT2D eigenvalue weighted by Crippen LogP contribution is -2.30. The lowest BCUT2D eigenvalue weighted by Gasteiger charge is -2.21. The first-order chi connectivity index (χ1) is 11.6. The van der Waals surface area contributed by atoms with Crippen molar-refractivity contribution in [3.05, 3.63) is 77.9 Å². The highest BCUT2D eigenvalue weighted by Gasteiger charge is 2.34. The fourth-order valence-corrected chi connectivity index (χ4v) is 3.47. The fraction of sp³-hybridized carbons (Fsp3) is 0.222. The van der Waals surface area contributed by atoms with E-state index in [0.717, 1.165) is 5.56 Å². The van der Waals surface area contributed by atoms with Crippen LogP contribution in [0.5, 0.6) is 0 Å². The molecule has 2 rings (SSSR count). The van der Waals surface area contributed by atoms with Gasteiger partial charge in [0.25, 0.3) is 0 Å². The van der Waals surface area contributed by atoms with Gasteiger partial charge in [0.2, 0.25) is 10.0 Å². The molecule has 0 aliphatic carbocycles. The molecule has 7 heteroatoms. The third kappa shape index (κ3) is 5.17. The van der Waals surface area contributed by atoms with Gasteiger partial charge in [0.1, 0.15) is 0 Å². The van der Waals surface area contributed by atoms with Crippen molar-refractivity contribution < 1.29 is 21.6 Å². The minimum absolute atomic E-state index is 0.00310. The van der Waals surface area contributed by atoms with E-state index < -0.39 is 34.2 Å². The first-order valence-electron chi connectivity index (χ1n) is 7.48. The molecule has 0 amide bonds. The molecule has 3 nitrogen and oxygen atoms in total. The Morgan fingerprint density at radius 1 is 1.08 bits per heavy atom. The molecule has 0 unspecified atom stereocenters. The van der Waals surface area contributed by atoms with E-state index in [2.05, 4.69) is 11.3 Å². The number of sulfonamides is 1. The van der Waals surface area contributed by atoms with E-state index in [4.69, 9.17) is 0 Å². The van der Waals surface area contributed by atoms with Gasteiger partial charge in [-0.2, -0.15) is 13.2 Å². The third-order valence-corrected chi connectivity index (χ3v) is 5.17. The Morgan fingerprint density at radius 3 is 2.16 bits per heavy atom. The van der Waals surface area contributed by atoms with Gasteiger partial charge in [-0.25, -0.2) is 13.1 Å². The zero-order valence-electron chi connectivity index (χ0n) is 13.5. The molecule has 2 aromatic rings. The summed E-state index contributed by atoms with van der Waals surface area (Å²) in [5.74, 6) is 0. The van der Waals surface area contributed by atoms with Crippen LogP contribution >= 0.6 is 0 Å². The highest BCUT2D eigenvalue weighted by atomic mass is 32.2. The van der Waals surface area contributed by atoms with Crippen LogP contribution < -0.4 is 4.72 Å². The van der Waals surface area contributed by atoms with Crippen LogP contribution in [-0.4, -0.2) is 14.6 Å². The maximum atomic E-state index is 12.8. The minimum Gasteiger partial charge on any atom is -0.207 e. The molecule has 0 saturated carbocycles. The van der Waals surface area contributed by atoms with Gasteiger partial charge in [-0.1, -0.05) is 54.6 Å². The van der Waals surface area contributed by atoms with E-state index in [1.54, 1.807) is 42.5 Å². The number of hydrogen-bond acceptors (Lipinski definition) is 2. The van der Waals surface area contributed by atoms with Gasteiger partial charge in [0.05, 0.1) is 10.9 Å². The van der Waals surface area contributed by atoms with Gasteiger partial charge >= 0.3 is 6.18 Å². The number of alkyl halides is 3. The molecule has 2 aromatic carbocycles. The van der Waals surface area contributed by atoms with Gasteiger partial charge in [-0.15, -0.1) is 0 Å². The summed E-state index contributed by atoms with van der Waals surface area (Å²) < 4.78 is 66.0. The molecule has 0 aliphatic heterocycles. The highest BCUT2D eigenvalue weighted by molar-refractivity contribution is 7.89. The number of aryl methyl sites for hydroxylation is 1. The minimum atomic E-state index is -4.58. The average Bonchev–Trinajstić information content (AvgIpc) is 2.54. The molecular weight excluding hydrogens is 351 g/mol. The van der Waals surface area contributed by atoms with Crippen LogP contribution in [0.4, 0.5) is 13.2 Å². The summed E-state index contributed by atoms with van der Waals surface area (Å²) >= 11 is 0. The van der Waals surface area contributed by atoms with E-state index in [0.29, 0.717) is 5.56 Å². The second kappa shape index (κ2) is 7.41. The standard InChI is InChI=1S/C18H18F3NO2S/c1-13-8-10-16(11-9-13)25(23,24)22-17(12-14(2)18(19,20)21)15-6-4-3-5-7-15/h3-11,17,22H,2,12H2,1H3/t17-/m0/s1. The van der Waals surface area contributed by atoms with E-state index >= 15 is 0 Å². The van der Waals surface area contributed by atoms with E-state index in [1.165, 1.54) is 12.1 Å². The Balaban J connectivity index is 2.32. The second-order valence-electron chi connectivity index (χ2n) is 5.70. The molecule has 1 N–H and O–H groups in total. The van der Waals surface area contributed by atoms with E-state index in [-0.39, 0.29) is 4.90 Å². The first kappa shape index (κ1) is 19.2. The van der Waals surface area contributed by atoms with Gasteiger partial charge in [0, 0.05) is 5.57 Å². The lowest BCUT2D eigenvalue weighted by molar-refractivity contribution is -0.0942. The summed E-state index contributed by atoms with van der Waals surface area (Å²) in [4.78, 5) is -0.00310. The summed E-state index contributed by atoms with van der Waals surface area (Å²) in [5.41, 5.74) is 0.320. The Bertz CT molecular complexity index is 829. The third-order valence-electron chi connectivity index (χ3n) is 3.68. The van der Waals surface area contributed by atoms with Crippen molar-refractivity contribution in [1.82, 2.24) is 4.72 Å². The van der Waals surface area contributed by atoms with Crippen LogP contribution in [-0.2, 0) is 10.0 Å². The van der Waals surface area contributed by atoms with Crippen molar-refractivity contribution in [2.75, 3.05) is 0 Å². The molecule has 134 valence electrons. The first-order valence-corrected chi connectivity index (χ1v) is 8.97. The monoisotopic (exact) mass is 369 g/mol. The normalized spacial score (nSPS) is 13.4. The number of nitrogens with one attached hydrogen (secondary N) is 1. The summed E-state index contributed by atoms with van der Waals surface area (Å²) in [6, 6.07) is 13.1. The Hall–Kier alpha value is -2.12. The maximum Gasteiger partial charge on any atom is 0.412 e. The summed E-state index contributed by atoms with van der Waals surface area (Å²) in [5, 5.41) is 0. The number of hydrogen-bond donors (Lipinski definition) is 1. The van der Waals surface area contributed by atoms with E-state index in [9.17, 15) is 21.6 Å². The van der Waals surface area contributed by atoms with Gasteiger partial charge in [-0.05, 0) is 31.0 Å². The van der Waals surface area contributed by atoms with Crippen LogP contribution in [0, 0.1) is 6.92 Å². The molecule has 1 atom stereocenters. The Morgan fingerprint density at radius 2 is 1.64 bits per heavy atom. The Kier molecular flexibility index (Phi) is 5.69. The van der Waals surface area contributed by atoms with Crippen LogP contribution in [0.2, 0.25) is 0 Å². The Labute approximate surface area is 145 Å². The number of rotatable bonds is 6. The largest absolute Gasteiger partial charge is 0.412 e. The molecule has 25 heavy (non-hydrogen) atoms. The molecule has 0 radical (unpaired) electrons. The van der Waals surface area contributed by atoms with E-state index in [1.807, 2.05) is 6.92 Å². The van der Waals surface area contributed by atoms with Crippen LogP contribution in [0.15, 0.2) is 71.6 Å². The number of halogens is 3. The fourth-order valence-electron chi connectivity index (χ4n) is 2.25. The van der Waals surface area contributed by atoms with Crippen LogP contribution in [0.3, 0.4) is 0 Å². The van der Waals surface area contributed by atoms with Crippen molar-refractivity contribution in [2.45, 2.75) is 30.5 Å². The van der Waals surface area contributed by atoms with Crippen LogP contribution in [0.1, 0.15) is 23.6 Å². The maximum absolute atomic E-state index is 12.8. The zero-order valence-corrected chi connectivity index (χ0v) is 14.4. The molecular formula is C18H18F3NO2S. The predicted octanol–water partition coefficient (Wildman–Crippen LogP) is 4.52. The summed E-state index contributed by atoms with van der Waals surface area (Å²) in [6.07, 6.45) is -5.15. The van der Waals surface area contributed by atoms with Gasteiger partial charge in [0.15, 0.2) is 0 Å². The van der Waals surface area contributed by atoms with Crippen molar-refractivity contribution in [1.29, 1.82) is 0 Å². The zero-order chi connectivity index (χ0) is 18.7. The summed E-state index contributed by atoms with van der Waals surface area (Å²) in [6.45, 7) is 4.86. The SMILES string of the molecule is C=C(C[C@H](NS(=O)(=O)c1ccc(C)cc1)c1ccccc1)C(F)(F)F. The van der Waals surface area contributed by atoms with Crippen LogP contribution in [0.25, 0.3) is 0 Å². The number of benzene rings is 2. The lowest BCUT2D eigenvalue weighted by atomic mass is 10.0. The molecule has 0 bridgehead atoms. The quantitative estimate of drug-likeness (QED) is 0.761. The molecule has 0 aliphatic rings. The summed E-state index contributed by atoms with van der Waals surface area (Å²) in [7, 11) is -3.97. The van der Waals surface area contributed by atoms with Gasteiger partial charge in [-0.3, -0.25) is 0 Å². The van der Waals surface area contributed by atoms with Crippen molar-refractivity contribution >= 4 is 10.0 Å². The molecule has 0 fully saturated rings. The molecule has 0 aromatic heterocycles. The predicted molar refractivity (Wildman–Crippen MR) is 90.5 cm³/mol. The second-order valence-corrected chi connectivity index (χ2v) is 7.42. The smallest absolute Gasteiger partial charge is 0.207 e. The average molecular weight is 369 g/mol. The molecule has 0 heterocycles. The van der Waals surface area contributed by atoms with Crippen molar-refractivity contribution in [3.8, 4) is 0 Å². The van der Waals surface area contributed by atoms with Gasteiger partial charge < -0.3 is 0 Å². The molecule has 0 spiro atoms. The van der Waals surface area contributed by atoms with Crippen molar-refractivity contribution in [2.24, 2.45) is 0 Å². The van der Waals surface area contributed by atoms with Crippen molar-refractivity contribution in [3.63, 3.8) is 0 Å². The highest BCUT2D eigenvalue weighted by Crippen LogP contribution is 2.32. The topological polar surface area (TPSA) is 46.2 Å². The molecule has 0 saturated heterocycles.